The largest absolute Gasteiger partial charge is 0.342 e. The minimum atomic E-state index is -2.83. The Hall–Kier alpha value is -11.5. The Morgan fingerprint density at radius 2 is 0.602 bits per heavy atom. The van der Waals surface area contributed by atoms with Crippen molar-refractivity contribution in [3.8, 4) is 0 Å². The number of hydrogen-bond donors (Lipinski definition) is 5. The Kier molecular flexibility index (Phi) is 25.9. The van der Waals surface area contributed by atoms with Crippen LogP contribution >= 0.6 is 0 Å². The van der Waals surface area contributed by atoms with Crippen molar-refractivity contribution in [2.75, 3.05) is 0 Å². The number of rotatable bonds is 23. The van der Waals surface area contributed by atoms with E-state index in [1.54, 1.807) is 43.4 Å². The Labute approximate surface area is 761 Å². The van der Waals surface area contributed by atoms with Crippen LogP contribution in [-0.4, -0.2) is 78.4 Å². The lowest BCUT2D eigenvalue weighted by Gasteiger charge is -2.39. The molecule has 5 N–H and O–H groups in total. The molecule has 133 heavy (non-hydrogen) atoms. The van der Waals surface area contributed by atoms with E-state index in [1.807, 2.05) is 18.2 Å². The number of halogens is 14. The van der Waals surface area contributed by atoms with Crippen LogP contribution in [0.25, 0.3) is 0 Å². The van der Waals surface area contributed by atoms with Crippen LogP contribution < -0.4 is 26.6 Å². The molecule has 10 aromatic rings. The summed E-state index contributed by atoms with van der Waals surface area (Å²) in [4.78, 5) is 64.8. The molecule has 10 aliphatic rings. The lowest BCUT2D eigenvalue weighted by atomic mass is 9.74. The quantitative estimate of drug-likeness (QED) is 0.0380. The summed E-state index contributed by atoms with van der Waals surface area (Å²) in [6.45, 7) is 12.6. The number of nitrogens with one attached hydrogen (secondary N) is 5. The molecule has 0 radical (unpaired) electrons. The van der Waals surface area contributed by atoms with Crippen molar-refractivity contribution in [1.29, 1.82) is 0 Å². The van der Waals surface area contributed by atoms with E-state index in [0.29, 0.717) is 18.8 Å². The molecule has 5 fully saturated rings. The molecule has 0 spiro atoms. The Balaban J connectivity index is 0.000000121. The van der Waals surface area contributed by atoms with Crippen molar-refractivity contribution in [3.63, 3.8) is 0 Å². The van der Waals surface area contributed by atoms with E-state index in [0.717, 1.165) is 153 Å². The summed E-state index contributed by atoms with van der Waals surface area (Å²) < 4.78 is 194. The zero-order valence-corrected chi connectivity index (χ0v) is 75.7. The molecule has 10 bridgehead atoms. The number of hydrogen-bond acceptors (Lipinski definition) is 10. The van der Waals surface area contributed by atoms with E-state index in [1.165, 1.54) is 125 Å². The third-order valence-electron chi connectivity index (χ3n) is 30.6. The number of carbonyl (C=O) groups excluding carboxylic acids is 5. The molecule has 14 unspecified atom stereocenters. The summed E-state index contributed by atoms with van der Waals surface area (Å²) in [5, 5.41) is 34.0. The van der Waals surface area contributed by atoms with Crippen LogP contribution in [0.5, 0.6) is 0 Å². The van der Waals surface area contributed by atoms with Crippen LogP contribution in [0.15, 0.2) is 128 Å². The van der Waals surface area contributed by atoms with Gasteiger partial charge in [0.05, 0.1) is 55.5 Å². The van der Waals surface area contributed by atoms with E-state index >= 15 is 0 Å². The molecule has 20 nitrogen and oxygen atoms in total. The number of aromatic nitrogens is 10. The number of amides is 5. The average molecular weight is 1860 g/mol. The fourth-order valence-corrected chi connectivity index (χ4v) is 25.6. The lowest BCUT2D eigenvalue weighted by Crippen LogP contribution is -2.51. The summed E-state index contributed by atoms with van der Waals surface area (Å²) in [6, 6.07) is 27.1. The highest BCUT2D eigenvalue weighted by atomic mass is 19.3. The normalized spacial score (nSPS) is 25.9. The van der Waals surface area contributed by atoms with Crippen molar-refractivity contribution < 1.29 is 85.4 Å². The first-order valence-corrected chi connectivity index (χ1v) is 45.8. The highest BCUT2D eigenvalue weighted by molar-refractivity contribution is 5.99. The Morgan fingerprint density at radius 3 is 0.902 bits per heavy atom. The minimum absolute atomic E-state index is 0.0458. The standard InChI is InChI=1S/4C20H22F3N3O.C19H21F2N3O/c2*1-3-4-15-12-7-8-20(15,16-6-5-11(21)9-13(12)16)24-19(27)14-10-26(2)25-17(14)18(22)23;2*1-3-4-15-13-7-8-20(15,16-9-11(21)5-6-12(13)16)24-19(27)14-10-26(2)25-17(14)18(22)23;1-18(2)13-8-9-19(18,14-7-5-4-6-11(13)14)22-17(25)12-10-24(3)23-15(12)16(20)21/h2*5-6,9-10,12,15,18H,3-4,7-8H2,1-2H3,(H,24,27);2*5-6,9-10,13,15,18H,3-4,7-8H2,1-2H3,(H,24,27);4-7,10,13,16H,8-9H2,1-3H3,(H,22,25). The fraction of sp³-hybridized carbons (Fsp3) is 0.495. The SMILES string of the molecule is CCCC1C2CCC1(NC(=O)c1cn(C)nc1C(F)F)c1cc(F)ccc12.CCCC1C2CCC1(NC(=O)c1cn(C)nc1C(F)F)c1cc(F)ccc12.CCCC1C2CCC1(NC(=O)c1cn(C)nc1C(F)F)c1ccc(F)cc12.CCCC1C2CCC1(NC(=O)c1cn(C)nc1C(F)F)c1ccc(F)cc12.Cn1cc(C(=O)NC23CCC(c4ccccc42)C3(C)C)c(C(F)F)n1. The average Bonchev–Trinajstić information content (AvgIpc) is 1.53. The number of aryl methyl sites for hydroxylation is 5. The van der Waals surface area contributed by atoms with Crippen LogP contribution in [-0.2, 0) is 62.9 Å². The van der Waals surface area contributed by atoms with Gasteiger partial charge in [-0.25, -0.2) is 61.5 Å². The number of fused-ring (bicyclic) bond motifs is 25. The zero-order valence-electron chi connectivity index (χ0n) is 75.7. The number of nitrogens with zero attached hydrogens (tertiary/aromatic N) is 10. The predicted octanol–water partition coefficient (Wildman–Crippen LogP) is 21.6. The zero-order chi connectivity index (χ0) is 95.4. The van der Waals surface area contributed by atoms with Crippen LogP contribution in [0.4, 0.5) is 61.5 Å². The summed E-state index contributed by atoms with van der Waals surface area (Å²) >= 11 is 0. The molecule has 14 atom stereocenters. The van der Waals surface area contributed by atoms with Crippen molar-refractivity contribution in [2.45, 2.75) is 247 Å². The molecule has 10 aliphatic carbocycles. The predicted molar refractivity (Wildman–Crippen MR) is 466 cm³/mol. The fourth-order valence-electron chi connectivity index (χ4n) is 25.6. The lowest BCUT2D eigenvalue weighted by molar-refractivity contribution is 0.0795. The molecular weight excluding hydrogens is 1750 g/mol. The van der Waals surface area contributed by atoms with E-state index in [2.05, 4.69) is 99.7 Å². The summed E-state index contributed by atoms with van der Waals surface area (Å²) in [5.74, 6) is -2.09. The first kappa shape index (κ1) is 94.7. The summed E-state index contributed by atoms with van der Waals surface area (Å²) in [6.07, 6.45) is 8.01. The minimum Gasteiger partial charge on any atom is -0.342 e. The maximum Gasteiger partial charge on any atom is 0.282 e. The third kappa shape index (κ3) is 16.2. The van der Waals surface area contributed by atoms with Gasteiger partial charge in [0.25, 0.3) is 61.7 Å². The molecule has 34 heteroatoms. The van der Waals surface area contributed by atoms with Crippen LogP contribution in [0.3, 0.4) is 0 Å². The van der Waals surface area contributed by atoms with Gasteiger partial charge in [0.1, 0.15) is 51.7 Å². The number of carbonyl (C=O) groups is 5. The van der Waals surface area contributed by atoms with Gasteiger partial charge < -0.3 is 26.6 Å². The monoisotopic (exact) mass is 1850 g/mol. The molecule has 5 heterocycles. The molecule has 5 aromatic heterocycles. The molecule has 5 amide bonds. The molecule has 20 rings (SSSR count). The van der Waals surface area contributed by atoms with Crippen LogP contribution in [0.2, 0.25) is 0 Å². The highest BCUT2D eigenvalue weighted by Gasteiger charge is 2.65. The molecule has 0 aliphatic heterocycles. The van der Waals surface area contributed by atoms with Crippen molar-refractivity contribution in [3.05, 3.63) is 263 Å². The van der Waals surface area contributed by atoms with Crippen molar-refractivity contribution in [2.24, 2.45) is 64.3 Å². The first-order valence-electron chi connectivity index (χ1n) is 45.8. The van der Waals surface area contributed by atoms with E-state index < -0.39 is 118 Å². The molecule has 5 aromatic carbocycles. The second-order valence-electron chi connectivity index (χ2n) is 38.1. The molecular formula is C99H109F14N15O5. The van der Waals surface area contributed by atoms with Gasteiger partial charge in [-0.15, -0.1) is 0 Å². The van der Waals surface area contributed by atoms with Gasteiger partial charge in [-0.2, -0.15) is 25.5 Å². The second kappa shape index (κ2) is 36.4. The molecule has 708 valence electrons. The van der Waals surface area contributed by atoms with Crippen molar-refractivity contribution in [1.82, 2.24) is 75.5 Å². The Bertz CT molecular complexity index is 5820. The second-order valence-corrected chi connectivity index (χ2v) is 38.1. The van der Waals surface area contributed by atoms with Gasteiger partial charge >= 0.3 is 0 Å². The molecule has 5 saturated carbocycles. The number of alkyl halides is 10. The van der Waals surface area contributed by atoms with Crippen LogP contribution in [0.1, 0.15) is 355 Å². The van der Waals surface area contributed by atoms with Crippen molar-refractivity contribution >= 4 is 29.5 Å². The van der Waals surface area contributed by atoms with Gasteiger partial charge in [0.15, 0.2) is 0 Å². The van der Waals surface area contributed by atoms with E-state index in [-0.39, 0.29) is 104 Å². The smallest absolute Gasteiger partial charge is 0.282 e. The van der Waals surface area contributed by atoms with Gasteiger partial charge in [-0.3, -0.25) is 47.4 Å². The van der Waals surface area contributed by atoms with Gasteiger partial charge in [-0.05, 0) is 253 Å². The summed E-state index contributed by atoms with van der Waals surface area (Å²) in [5.41, 5.74) is 3.49. The van der Waals surface area contributed by atoms with E-state index in [4.69, 9.17) is 0 Å². The number of benzene rings is 5. The van der Waals surface area contributed by atoms with Gasteiger partial charge in [0, 0.05) is 66.2 Å². The van der Waals surface area contributed by atoms with Gasteiger partial charge in [-0.1, -0.05) is 116 Å². The van der Waals surface area contributed by atoms with Gasteiger partial charge in [0.2, 0.25) is 0 Å². The maximum atomic E-state index is 14.0. The maximum absolute atomic E-state index is 14.0. The first-order chi connectivity index (χ1) is 63.3. The third-order valence-corrected chi connectivity index (χ3v) is 30.6. The Morgan fingerprint density at radius 1 is 0.331 bits per heavy atom. The summed E-state index contributed by atoms with van der Waals surface area (Å²) in [7, 11) is 7.58. The topological polar surface area (TPSA) is 235 Å². The highest BCUT2D eigenvalue weighted by Crippen LogP contribution is 2.68. The van der Waals surface area contributed by atoms with Crippen LogP contribution in [0, 0.1) is 52.4 Å². The molecule has 0 saturated heterocycles. The van der Waals surface area contributed by atoms with E-state index in [9.17, 15) is 85.4 Å².